The van der Waals surface area contributed by atoms with Gasteiger partial charge < -0.3 is 4.57 Å². The largest absolute Gasteiger partial charge is 0.344 e. The fourth-order valence-electron chi connectivity index (χ4n) is 2.66. The third kappa shape index (κ3) is 2.04. The van der Waals surface area contributed by atoms with E-state index in [9.17, 15) is 4.79 Å². The summed E-state index contributed by atoms with van der Waals surface area (Å²) in [5, 5.41) is 1.26. The van der Waals surface area contributed by atoms with E-state index in [1.807, 2.05) is 0 Å². The van der Waals surface area contributed by atoms with Gasteiger partial charge in [-0.15, -0.1) is 0 Å². The quantitative estimate of drug-likeness (QED) is 0.776. The Bertz CT molecular complexity index is 563. The van der Waals surface area contributed by atoms with Crippen LogP contribution in [0.3, 0.4) is 0 Å². The van der Waals surface area contributed by atoms with Crippen molar-refractivity contribution in [3.8, 4) is 0 Å². The van der Waals surface area contributed by atoms with Gasteiger partial charge in [-0.05, 0) is 37.1 Å². The number of carbonyl (C=O) groups excluding carboxylic acids is 1. The number of hydrogen-bond acceptors (Lipinski definition) is 1. The summed E-state index contributed by atoms with van der Waals surface area (Å²) in [6.45, 7) is 0. The predicted molar refractivity (Wildman–Crippen MR) is 72.2 cm³/mol. The van der Waals surface area contributed by atoms with Crippen LogP contribution in [0.5, 0.6) is 0 Å². The van der Waals surface area contributed by atoms with Crippen molar-refractivity contribution < 1.29 is 4.79 Å². The number of benzene rings is 1. The molecule has 0 unspecified atom stereocenters. The minimum absolute atomic E-state index is 0.417. The second-order valence-corrected chi connectivity index (χ2v) is 5.61. The lowest BCUT2D eigenvalue weighted by Gasteiger charge is -2.23. The maximum Gasteiger partial charge on any atom is 0.133 e. The standard InChI is InChI=1S/C14H14BrNO/c15-11-1-6-14-10(9-11)7-8-16(14)12-2-4-13(17)5-3-12/h1,6-9,12H,2-5H2. The summed E-state index contributed by atoms with van der Waals surface area (Å²) in [5.74, 6) is 0.417. The molecule has 1 fully saturated rings. The summed E-state index contributed by atoms with van der Waals surface area (Å²) in [4.78, 5) is 11.3. The van der Waals surface area contributed by atoms with Gasteiger partial charge in [0.2, 0.25) is 0 Å². The van der Waals surface area contributed by atoms with Crippen LogP contribution in [-0.2, 0) is 4.79 Å². The number of aromatic nitrogens is 1. The highest BCUT2D eigenvalue weighted by Crippen LogP contribution is 2.31. The number of halogens is 1. The predicted octanol–water partition coefficient (Wildman–Crippen LogP) is 4.09. The molecule has 0 amide bonds. The van der Waals surface area contributed by atoms with Crippen LogP contribution in [-0.4, -0.2) is 10.4 Å². The first kappa shape index (κ1) is 11.0. The molecule has 1 saturated carbocycles. The van der Waals surface area contributed by atoms with Crippen molar-refractivity contribution in [2.24, 2.45) is 0 Å². The zero-order valence-electron chi connectivity index (χ0n) is 9.53. The van der Waals surface area contributed by atoms with Crippen LogP contribution in [0.4, 0.5) is 0 Å². The van der Waals surface area contributed by atoms with Crippen LogP contribution in [0.25, 0.3) is 10.9 Å². The molecular formula is C14H14BrNO. The normalized spacial score (nSPS) is 17.8. The van der Waals surface area contributed by atoms with Gasteiger partial charge in [0.1, 0.15) is 5.78 Å². The van der Waals surface area contributed by atoms with Gasteiger partial charge in [0.15, 0.2) is 0 Å². The molecule has 0 atom stereocenters. The first-order valence-corrected chi connectivity index (χ1v) is 6.81. The van der Waals surface area contributed by atoms with Gasteiger partial charge in [-0.1, -0.05) is 15.9 Å². The first-order chi connectivity index (χ1) is 8.24. The molecule has 88 valence electrons. The second kappa shape index (κ2) is 4.30. The Balaban J connectivity index is 1.97. The number of carbonyl (C=O) groups is 1. The third-order valence-electron chi connectivity index (χ3n) is 3.59. The van der Waals surface area contributed by atoms with Gasteiger partial charge in [-0.2, -0.15) is 0 Å². The van der Waals surface area contributed by atoms with E-state index < -0.39 is 0 Å². The lowest BCUT2D eigenvalue weighted by molar-refractivity contribution is -0.120. The SMILES string of the molecule is O=C1CCC(n2ccc3cc(Br)ccc32)CC1. The van der Waals surface area contributed by atoms with Crippen LogP contribution in [0.1, 0.15) is 31.7 Å². The lowest BCUT2D eigenvalue weighted by Crippen LogP contribution is -2.17. The van der Waals surface area contributed by atoms with Crippen molar-refractivity contribution in [1.82, 2.24) is 4.57 Å². The monoisotopic (exact) mass is 291 g/mol. The van der Waals surface area contributed by atoms with Crippen molar-refractivity contribution in [2.75, 3.05) is 0 Å². The number of Topliss-reactive ketones (excluding diaryl/α,β-unsaturated/α-hetero) is 1. The van der Waals surface area contributed by atoms with E-state index >= 15 is 0 Å². The van der Waals surface area contributed by atoms with Crippen LogP contribution >= 0.6 is 15.9 Å². The van der Waals surface area contributed by atoms with E-state index in [1.54, 1.807) is 0 Å². The van der Waals surface area contributed by atoms with Crippen molar-refractivity contribution in [3.63, 3.8) is 0 Å². The average molecular weight is 292 g/mol. The first-order valence-electron chi connectivity index (χ1n) is 6.02. The number of rotatable bonds is 1. The van der Waals surface area contributed by atoms with E-state index in [-0.39, 0.29) is 0 Å². The lowest BCUT2D eigenvalue weighted by atomic mass is 9.94. The topological polar surface area (TPSA) is 22.0 Å². The van der Waals surface area contributed by atoms with Crippen LogP contribution in [0.15, 0.2) is 34.9 Å². The molecule has 1 aromatic carbocycles. The Morgan fingerprint density at radius 3 is 2.71 bits per heavy atom. The van der Waals surface area contributed by atoms with Crippen LogP contribution < -0.4 is 0 Å². The smallest absolute Gasteiger partial charge is 0.133 e. The van der Waals surface area contributed by atoms with Gasteiger partial charge in [0, 0.05) is 40.5 Å². The van der Waals surface area contributed by atoms with E-state index in [1.165, 1.54) is 10.9 Å². The van der Waals surface area contributed by atoms with Crippen LogP contribution in [0, 0.1) is 0 Å². The summed E-state index contributed by atoms with van der Waals surface area (Å²) in [6.07, 6.45) is 5.59. The molecule has 2 nitrogen and oxygen atoms in total. The Hall–Kier alpha value is -1.09. The van der Waals surface area contributed by atoms with Gasteiger partial charge in [0.05, 0.1) is 0 Å². The summed E-state index contributed by atoms with van der Waals surface area (Å²) < 4.78 is 3.44. The molecule has 1 heterocycles. The zero-order chi connectivity index (χ0) is 11.8. The molecule has 1 aliphatic carbocycles. The summed E-state index contributed by atoms with van der Waals surface area (Å²) in [7, 11) is 0. The molecule has 3 rings (SSSR count). The van der Waals surface area contributed by atoms with Crippen LogP contribution in [0.2, 0.25) is 0 Å². The molecular weight excluding hydrogens is 278 g/mol. The molecule has 1 aliphatic rings. The Morgan fingerprint density at radius 2 is 1.94 bits per heavy atom. The number of hydrogen-bond donors (Lipinski definition) is 0. The minimum atomic E-state index is 0.417. The number of nitrogens with zero attached hydrogens (tertiary/aromatic N) is 1. The van der Waals surface area contributed by atoms with Crippen molar-refractivity contribution in [2.45, 2.75) is 31.7 Å². The van der Waals surface area contributed by atoms with Gasteiger partial charge in [-0.3, -0.25) is 4.79 Å². The average Bonchev–Trinajstić information content (AvgIpc) is 2.73. The molecule has 0 radical (unpaired) electrons. The van der Waals surface area contributed by atoms with Crippen molar-refractivity contribution in [1.29, 1.82) is 0 Å². The Labute approximate surface area is 109 Å². The molecule has 2 aromatic rings. The molecule has 17 heavy (non-hydrogen) atoms. The maximum absolute atomic E-state index is 11.3. The van der Waals surface area contributed by atoms with Crippen molar-refractivity contribution >= 4 is 32.6 Å². The van der Waals surface area contributed by atoms with Gasteiger partial charge >= 0.3 is 0 Å². The molecule has 0 spiro atoms. The Morgan fingerprint density at radius 1 is 1.18 bits per heavy atom. The third-order valence-corrected chi connectivity index (χ3v) is 4.08. The molecule has 0 bridgehead atoms. The molecule has 0 saturated heterocycles. The van der Waals surface area contributed by atoms with E-state index in [0.717, 1.165) is 30.2 Å². The van der Waals surface area contributed by atoms with E-state index in [0.29, 0.717) is 11.8 Å². The van der Waals surface area contributed by atoms with Gasteiger partial charge in [-0.25, -0.2) is 0 Å². The van der Waals surface area contributed by atoms with E-state index in [2.05, 4.69) is 51.0 Å². The Kier molecular flexibility index (Phi) is 2.79. The fraction of sp³-hybridized carbons (Fsp3) is 0.357. The molecule has 0 N–H and O–H groups in total. The highest BCUT2D eigenvalue weighted by atomic mass is 79.9. The van der Waals surface area contributed by atoms with Crippen molar-refractivity contribution in [3.05, 3.63) is 34.9 Å². The number of fused-ring (bicyclic) bond motifs is 1. The number of ketones is 1. The molecule has 3 heteroatoms. The molecule has 1 aromatic heterocycles. The summed E-state index contributed by atoms with van der Waals surface area (Å²) >= 11 is 3.49. The van der Waals surface area contributed by atoms with Gasteiger partial charge in [0.25, 0.3) is 0 Å². The fourth-order valence-corrected chi connectivity index (χ4v) is 3.03. The highest BCUT2D eigenvalue weighted by Gasteiger charge is 2.20. The molecule has 0 aliphatic heterocycles. The van der Waals surface area contributed by atoms with E-state index in [4.69, 9.17) is 0 Å². The second-order valence-electron chi connectivity index (χ2n) is 4.70. The minimum Gasteiger partial charge on any atom is -0.344 e. The maximum atomic E-state index is 11.3. The summed E-state index contributed by atoms with van der Waals surface area (Å²) in [6, 6.07) is 9.00. The zero-order valence-corrected chi connectivity index (χ0v) is 11.1. The summed E-state index contributed by atoms with van der Waals surface area (Å²) in [5.41, 5.74) is 1.27. The highest BCUT2D eigenvalue weighted by molar-refractivity contribution is 9.10.